The summed E-state index contributed by atoms with van der Waals surface area (Å²) in [5, 5.41) is 89.8. The third-order valence-corrected chi connectivity index (χ3v) is 9.79. The van der Waals surface area contributed by atoms with E-state index < -0.39 is 86.5 Å². The van der Waals surface area contributed by atoms with Crippen molar-refractivity contribution in [3.05, 3.63) is 0 Å². The van der Waals surface area contributed by atoms with Crippen LogP contribution in [0.25, 0.3) is 0 Å². The van der Waals surface area contributed by atoms with Crippen LogP contribution in [-0.4, -0.2) is 132 Å². The molecule has 0 aromatic heterocycles. The highest BCUT2D eigenvalue weighted by atomic mass is 16.7. The van der Waals surface area contributed by atoms with Gasteiger partial charge in [-0.1, -0.05) is 103 Å². The predicted octanol–water partition coefficient (Wildman–Crippen LogP) is 1.76. The van der Waals surface area contributed by atoms with E-state index in [2.05, 4.69) is 6.92 Å². The van der Waals surface area contributed by atoms with Crippen molar-refractivity contribution in [3.8, 4) is 0 Å². The molecule has 12 atom stereocenters. The Balaban J connectivity index is 1.69. The highest BCUT2D eigenvalue weighted by Crippen LogP contribution is 2.32. The summed E-state index contributed by atoms with van der Waals surface area (Å²) in [5.41, 5.74) is 0. The zero-order chi connectivity index (χ0) is 34.8. The van der Waals surface area contributed by atoms with Crippen LogP contribution in [0.4, 0.5) is 0 Å². The van der Waals surface area contributed by atoms with Crippen molar-refractivity contribution in [2.24, 2.45) is 5.92 Å². The summed E-state index contributed by atoms with van der Waals surface area (Å²) >= 11 is 0. The Morgan fingerprint density at radius 2 is 1.00 bits per heavy atom. The molecule has 278 valence electrons. The Kier molecular flexibility index (Phi) is 21.0. The van der Waals surface area contributed by atoms with Crippen LogP contribution in [-0.2, 0) is 19.0 Å². The third-order valence-electron chi connectivity index (χ3n) is 9.79. The smallest absolute Gasteiger partial charge is 0.332 e. The van der Waals surface area contributed by atoms with Gasteiger partial charge in [0.25, 0.3) is 0 Å². The SMILES string of the molecule is CCCCCCCCCC(CCCCCCCCCCC(OC1O[C@H](CO)[C@@H](O)[C@H](O)[C@H]1O)C(=O)O)C1O[C@H](CO)[C@@H](O)[C@H](O)[C@H]1O. The molecule has 13 heteroatoms. The highest BCUT2D eigenvalue weighted by Gasteiger charge is 2.46. The number of aliphatic carboxylic acids is 1. The number of carboxylic acid groups (broad SMARTS) is 1. The van der Waals surface area contributed by atoms with E-state index in [-0.39, 0.29) is 12.3 Å². The van der Waals surface area contributed by atoms with E-state index in [0.717, 1.165) is 70.6 Å². The Morgan fingerprint density at radius 1 is 0.574 bits per heavy atom. The van der Waals surface area contributed by atoms with Gasteiger partial charge in [0, 0.05) is 0 Å². The van der Waals surface area contributed by atoms with Gasteiger partial charge in [-0.05, 0) is 25.2 Å². The molecule has 0 bridgehead atoms. The molecule has 2 heterocycles. The molecule has 0 aliphatic carbocycles. The molecular formula is C34H64O13. The minimum Gasteiger partial charge on any atom is -0.479 e. The molecule has 0 radical (unpaired) electrons. The first-order chi connectivity index (χ1) is 22.6. The Labute approximate surface area is 279 Å². The van der Waals surface area contributed by atoms with Crippen LogP contribution in [0.2, 0.25) is 0 Å². The number of carbonyl (C=O) groups is 1. The highest BCUT2D eigenvalue weighted by molar-refractivity contribution is 5.72. The number of unbranched alkanes of at least 4 members (excludes halogenated alkanes) is 13. The van der Waals surface area contributed by atoms with Crippen LogP contribution in [0.1, 0.15) is 122 Å². The zero-order valence-corrected chi connectivity index (χ0v) is 28.2. The molecule has 13 nitrogen and oxygen atoms in total. The lowest BCUT2D eigenvalue weighted by molar-refractivity contribution is -0.310. The van der Waals surface area contributed by atoms with E-state index in [9.17, 15) is 50.8 Å². The number of aliphatic hydroxyl groups is 8. The molecule has 0 saturated carbocycles. The number of rotatable bonds is 25. The van der Waals surface area contributed by atoms with Crippen molar-refractivity contribution in [2.45, 2.75) is 190 Å². The lowest BCUT2D eigenvalue weighted by Gasteiger charge is -2.43. The van der Waals surface area contributed by atoms with Crippen molar-refractivity contribution in [3.63, 3.8) is 0 Å². The van der Waals surface area contributed by atoms with Crippen LogP contribution in [0, 0.1) is 5.92 Å². The van der Waals surface area contributed by atoms with Crippen LogP contribution >= 0.6 is 0 Å². The monoisotopic (exact) mass is 680 g/mol. The van der Waals surface area contributed by atoms with Gasteiger partial charge in [0.1, 0.15) is 48.8 Å². The summed E-state index contributed by atoms with van der Waals surface area (Å²) in [4.78, 5) is 11.7. The van der Waals surface area contributed by atoms with E-state index >= 15 is 0 Å². The minimum absolute atomic E-state index is 0.0178. The lowest BCUT2D eigenvalue weighted by atomic mass is 9.82. The summed E-state index contributed by atoms with van der Waals surface area (Å²) in [6.07, 6.45) is 3.12. The van der Waals surface area contributed by atoms with Crippen LogP contribution in [0.15, 0.2) is 0 Å². The van der Waals surface area contributed by atoms with Crippen molar-refractivity contribution in [1.82, 2.24) is 0 Å². The van der Waals surface area contributed by atoms with Gasteiger partial charge in [-0.2, -0.15) is 0 Å². The second kappa shape index (κ2) is 23.4. The molecular weight excluding hydrogens is 616 g/mol. The average molecular weight is 681 g/mol. The average Bonchev–Trinajstić information content (AvgIpc) is 3.06. The van der Waals surface area contributed by atoms with Gasteiger partial charge < -0.3 is 60.2 Å². The quantitative estimate of drug-likeness (QED) is 0.0627. The van der Waals surface area contributed by atoms with E-state index in [1.54, 1.807) is 0 Å². The fraction of sp³-hybridized carbons (Fsp3) is 0.971. The first kappa shape index (κ1) is 42.2. The number of hydrogen-bond donors (Lipinski definition) is 9. The maximum absolute atomic E-state index is 11.7. The molecule has 0 aromatic carbocycles. The Bertz CT molecular complexity index is 815. The summed E-state index contributed by atoms with van der Waals surface area (Å²) in [7, 11) is 0. The molecule has 2 rings (SSSR count). The van der Waals surface area contributed by atoms with E-state index in [4.69, 9.17) is 14.2 Å². The minimum atomic E-state index is -1.65. The number of carboxylic acids is 1. The molecule has 0 aromatic rings. The third kappa shape index (κ3) is 14.1. The summed E-state index contributed by atoms with van der Waals surface area (Å²) < 4.78 is 16.6. The number of hydrogen-bond acceptors (Lipinski definition) is 12. The fourth-order valence-electron chi connectivity index (χ4n) is 6.74. The van der Waals surface area contributed by atoms with E-state index in [0.29, 0.717) is 6.42 Å². The number of ether oxygens (including phenoxy) is 3. The summed E-state index contributed by atoms with van der Waals surface area (Å²) in [5.74, 6) is -1.21. The van der Waals surface area contributed by atoms with Gasteiger partial charge in [0.05, 0.1) is 19.3 Å². The van der Waals surface area contributed by atoms with Crippen LogP contribution < -0.4 is 0 Å². The second-order valence-corrected chi connectivity index (χ2v) is 13.5. The fourth-order valence-corrected chi connectivity index (χ4v) is 6.74. The molecule has 2 aliphatic rings. The Hall–Kier alpha value is -0.970. The molecule has 2 saturated heterocycles. The van der Waals surface area contributed by atoms with Gasteiger partial charge in [0.15, 0.2) is 12.4 Å². The molecule has 2 fully saturated rings. The largest absolute Gasteiger partial charge is 0.479 e. The van der Waals surface area contributed by atoms with Crippen LogP contribution in [0.5, 0.6) is 0 Å². The number of aliphatic hydroxyl groups excluding tert-OH is 8. The zero-order valence-electron chi connectivity index (χ0n) is 28.2. The second-order valence-electron chi connectivity index (χ2n) is 13.5. The van der Waals surface area contributed by atoms with Gasteiger partial charge in [0.2, 0.25) is 0 Å². The topological polar surface area (TPSA) is 227 Å². The van der Waals surface area contributed by atoms with Crippen LogP contribution in [0.3, 0.4) is 0 Å². The lowest BCUT2D eigenvalue weighted by Crippen LogP contribution is -2.60. The molecule has 47 heavy (non-hydrogen) atoms. The maximum atomic E-state index is 11.7. The summed E-state index contributed by atoms with van der Waals surface area (Å²) in [6, 6.07) is 0. The van der Waals surface area contributed by atoms with Gasteiger partial charge in [-0.25, -0.2) is 4.79 Å². The molecule has 0 spiro atoms. The van der Waals surface area contributed by atoms with Crippen molar-refractivity contribution >= 4 is 5.97 Å². The van der Waals surface area contributed by atoms with Crippen molar-refractivity contribution in [2.75, 3.05) is 13.2 Å². The summed E-state index contributed by atoms with van der Waals surface area (Å²) in [6.45, 7) is 1.15. The van der Waals surface area contributed by atoms with Crippen molar-refractivity contribution < 1.29 is 65.0 Å². The van der Waals surface area contributed by atoms with Gasteiger partial charge in [-0.15, -0.1) is 0 Å². The first-order valence-corrected chi connectivity index (χ1v) is 18.1. The normalized spacial score (nSPS) is 32.7. The molecule has 4 unspecified atom stereocenters. The first-order valence-electron chi connectivity index (χ1n) is 18.1. The molecule has 9 N–H and O–H groups in total. The van der Waals surface area contributed by atoms with Crippen molar-refractivity contribution in [1.29, 1.82) is 0 Å². The van der Waals surface area contributed by atoms with E-state index in [1.165, 1.54) is 32.1 Å². The van der Waals surface area contributed by atoms with E-state index in [1.807, 2.05) is 0 Å². The maximum Gasteiger partial charge on any atom is 0.332 e. The predicted molar refractivity (Wildman–Crippen MR) is 172 cm³/mol. The molecule has 0 amide bonds. The Morgan fingerprint density at radius 3 is 1.47 bits per heavy atom. The molecule has 2 aliphatic heterocycles. The van der Waals surface area contributed by atoms with Gasteiger partial charge in [-0.3, -0.25) is 0 Å². The van der Waals surface area contributed by atoms with Gasteiger partial charge >= 0.3 is 5.97 Å². The standard InChI is InChI=1S/C34H64O13/c1-2-3-4-5-8-11-14-17-22(32-30(41)28(39)26(37)24(20-35)45-32)18-15-12-9-6-7-10-13-16-19-23(33(43)44)46-34-31(42)29(40)27(38)25(21-36)47-34/h22-32,34-42H,2-21H2,1H3,(H,43,44)/t22?,23?,24-,25-,26-,27-,28+,29+,30-,31-,32?,34?/m1/s1.